The summed E-state index contributed by atoms with van der Waals surface area (Å²) in [6.07, 6.45) is 5.91. The monoisotopic (exact) mass is 240 g/mol. The molecule has 1 aliphatic heterocycles. The fourth-order valence-corrected chi connectivity index (χ4v) is 3.08. The van der Waals surface area contributed by atoms with Crippen molar-refractivity contribution in [3.63, 3.8) is 0 Å². The van der Waals surface area contributed by atoms with Crippen LogP contribution >= 0.6 is 0 Å². The Morgan fingerprint density at radius 2 is 2.12 bits per heavy atom. The van der Waals surface area contributed by atoms with Crippen LogP contribution in [0.4, 0.5) is 0 Å². The van der Waals surface area contributed by atoms with Crippen LogP contribution in [0, 0.1) is 5.92 Å². The molecule has 2 rings (SSSR count). The highest BCUT2D eigenvalue weighted by Crippen LogP contribution is 2.30. The molecule has 2 N–H and O–H groups in total. The zero-order chi connectivity index (χ0) is 12.3. The summed E-state index contributed by atoms with van der Waals surface area (Å²) in [5, 5.41) is 13.6. The van der Waals surface area contributed by atoms with Gasteiger partial charge in [-0.05, 0) is 32.2 Å². The normalized spacial score (nSPS) is 28.0. The highest BCUT2D eigenvalue weighted by atomic mass is 16.3. The zero-order valence-electron chi connectivity index (χ0n) is 10.7. The van der Waals surface area contributed by atoms with Gasteiger partial charge in [0.25, 0.3) is 0 Å². The number of nitrogens with zero attached hydrogens (tertiary/aromatic N) is 1. The lowest BCUT2D eigenvalue weighted by molar-refractivity contribution is -0.138. The first-order chi connectivity index (χ1) is 8.11. The Morgan fingerprint density at radius 1 is 1.41 bits per heavy atom. The Hall–Kier alpha value is -0.610. The number of piperidine rings is 1. The summed E-state index contributed by atoms with van der Waals surface area (Å²) in [6.45, 7) is 2.32. The first-order valence-corrected chi connectivity index (χ1v) is 6.79. The molecule has 4 nitrogen and oxygen atoms in total. The number of carbonyl (C=O) groups excluding carboxylic acids is 1. The first kappa shape index (κ1) is 12.8. The molecule has 0 aromatic carbocycles. The molecular weight excluding hydrogens is 216 g/mol. The minimum atomic E-state index is -0.619. The molecule has 1 saturated heterocycles. The van der Waals surface area contributed by atoms with Gasteiger partial charge in [-0.1, -0.05) is 12.8 Å². The Bertz CT molecular complexity index is 269. The predicted octanol–water partition coefficient (Wildman–Crippen LogP) is 0.749. The summed E-state index contributed by atoms with van der Waals surface area (Å²) < 4.78 is 0. The van der Waals surface area contributed by atoms with Crippen LogP contribution in [-0.2, 0) is 4.79 Å². The number of nitrogens with one attached hydrogen (secondary N) is 1. The van der Waals surface area contributed by atoms with E-state index in [1.165, 1.54) is 0 Å². The van der Waals surface area contributed by atoms with Crippen molar-refractivity contribution in [3.8, 4) is 0 Å². The molecule has 1 aliphatic carbocycles. The Kier molecular flexibility index (Phi) is 4.05. The van der Waals surface area contributed by atoms with Gasteiger partial charge in [0.2, 0.25) is 5.91 Å². The van der Waals surface area contributed by atoms with Gasteiger partial charge in [0.05, 0.1) is 11.5 Å². The average Bonchev–Trinajstić information content (AvgIpc) is 2.76. The van der Waals surface area contributed by atoms with Crippen LogP contribution in [0.25, 0.3) is 0 Å². The van der Waals surface area contributed by atoms with Gasteiger partial charge in [0.15, 0.2) is 0 Å². The number of carbonyl (C=O) groups is 1. The molecule has 1 saturated carbocycles. The largest absolute Gasteiger partial charge is 0.388 e. The fourth-order valence-electron chi connectivity index (χ4n) is 3.08. The maximum absolute atomic E-state index is 12.2. The number of amides is 1. The van der Waals surface area contributed by atoms with E-state index in [4.69, 9.17) is 0 Å². The van der Waals surface area contributed by atoms with Crippen molar-refractivity contribution in [2.24, 2.45) is 5.92 Å². The van der Waals surface area contributed by atoms with E-state index in [1.54, 1.807) is 4.90 Å². The first-order valence-electron chi connectivity index (χ1n) is 6.79. The maximum atomic E-state index is 12.2. The van der Waals surface area contributed by atoms with Gasteiger partial charge in [-0.3, -0.25) is 4.79 Å². The minimum absolute atomic E-state index is 0.110. The Labute approximate surface area is 103 Å². The molecule has 1 amide bonds. The highest BCUT2D eigenvalue weighted by Gasteiger charge is 2.34. The van der Waals surface area contributed by atoms with Crippen LogP contribution in [0.1, 0.15) is 38.5 Å². The lowest BCUT2D eigenvalue weighted by atomic mass is 9.96. The van der Waals surface area contributed by atoms with Crippen LogP contribution in [0.5, 0.6) is 0 Å². The summed E-state index contributed by atoms with van der Waals surface area (Å²) in [6, 6.07) is 0. The van der Waals surface area contributed by atoms with Gasteiger partial charge in [-0.15, -0.1) is 0 Å². The van der Waals surface area contributed by atoms with E-state index in [0.29, 0.717) is 6.54 Å². The number of hydrogen-bond acceptors (Lipinski definition) is 3. The molecule has 1 atom stereocenters. The van der Waals surface area contributed by atoms with Crippen molar-refractivity contribution in [3.05, 3.63) is 0 Å². The van der Waals surface area contributed by atoms with Crippen molar-refractivity contribution < 1.29 is 9.90 Å². The fraction of sp³-hybridized carbons (Fsp3) is 0.923. The molecule has 17 heavy (non-hydrogen) atoms. The topological polar surface area (TPSA) is 52.6 Å². The van der Waals surface area contributed by atoms with Crippen molar-refractivity contribution in [2.75, 3.05) is 26.7 Å². The van der Waals surface area contributed by atoms with Crippen molar-refractivity contribution >= 4 is 5.91 Å². The highest BCUT2D eigenvalue weighted by molar-refractivity contribution is 5.79. The van der Waals surface area contributed by atoms with Crippen LogP contribution < -0.4 is 5.32 Å². The van der Waals surface area contributed by atoms with Crippen LogP contribution in [-0.4, -0.2) is 48.2 Å². The summed E-state index contributed by atoms with van der Waals surface area (Å²) >= 11 is 0. The van der Waals surface area contributed by atoms with Crippen LogP contribution in [0.15, 0.2) is 0 Å². The molecule has 1 heterocycles. The second kappa shape index (κ2) is 5.36. The minimum Gasteiger partial charge on any atom is -0.388 e. The van der Waals surface area contributed by atoms with E-state index >= 15 is 0 Å². The van der Waals surface area contributed by atoms with Crippen LogP contribution in [0.3, 0.4) is 0 Å². The predicted molar refractivity (Wildman–Crippen MR) is 66.6 cm³/mol. The van der Waals surface area contributed by atoms with Gasteiger partial charge in [0, 0.05) is 20.1 Å². The standard InChI is InChI=1S/C13H24N2O2/c1-15(10-13(17)6-2-3-7-13)12(16)11-5-4-8-14-9-11/h11,14,17H,2-10H2,1H3/t11-/m0/s1. The number of hydrogen-bond donors (Lipinski definition) is 2. The molecule has 0 aromatic heterocycles. The van der Waals surface area contributed by atoms with Crippen LogP contribution in [0.2, 0.25) is 0 Å². The third kappa shape index (κ3) is 3.19. The quantitative estimate of drug-likeness (QED) is 0.765. The van der Waals surface area contributed by atoms with Gasteiger partial charge < -0.3 is 15.3 Å². The Morgan fingerprint density at radius 3 is 2.71 bits per heavy atom. The zero-order valence-corrected chi connectivity index (χ0v) is 10.7. The van der Waals surface area contributed by atoms with E-state index in [2.05, 4.69) is 5.32 Å². The van der Waals surface area contributed by atoms with E-state index in [1.807, 2.05) is 7.05 Å². The lowest BCUT2D eigenvalue weighted by Crippen LogP contribution is -2.47. The molecule has 0 bridgehead atoms. The van der Waals surface area contributed by atoms with E-state index < -0.39 is 5.60 Å². The second-order valence-corrected chi connectivity index (χ2v) is 5.67. The third-order valence-corrected chi connectivity index (χ3v) is 4.09. The molecule has 2 fully saturated rings. The molecule has 98 valence electrons. The third-order valence-electron chi connectivity index (χ3n) is 4.09. The number of rotatable bonds is 3. The Balaban J connectivity index is 1.85. The SMILES string of the molecule is CN(CC1(O)CCCC1)C(=O)[C@H]1CCCNC1. The van der Waals surface area contributed by atoms with E-state index in [9.17, 15) is 9.90 Å². The number of aliphatic hydroxyl groups is 1. The molecular formula is C13H24N2O2. The van der Waals surface area contributed by atoms with E-state index in [0.717, 1.165) is 51.6 Å². The lowest BCUT2D eigenvalue weighted by Gasteiger charge is -2.32. The molecule has 0 unspecified atom stereocenters. The summed E-state index contributed by atoms with van der Waals surface area (Å²) in [5.74, 6) is 0.302. The molecule has 2 aliphatic rings. The van der Waals surface area contributed by atoms with Crippen molar-refractivity contribution in [1.82, 2.24) is 10.2 Å². The summed E-state index contributed by atoms with van der Waals surface area (Å²) in [5.41, 5.74) is -0.619. The maximum Gasteiger partial charge on any atom is 0.226 e. The van der Waals surface area contributed by atoms with Gasteiger partial charge in [-0.25, -0.2) is 0 Å². The van der Waals surface area contributed by atoms with Crippen molar-refractivity contribution in [2.45, 2.75) is 44.1 Å². The molecule has 0 radical (unpaired) electrons. The van der Waals surface area contributed by atoms with Gasteiger partial charge in [-0.2, -0.15) is 0 Å². The molecule has 0 aromatic rings. The van der Waals surface area contributed by atoms with E-state index in [-0.39, 0.29) is 11.8 Å². The molecule has 4 heteroatoms. The molecule has 0 spiro atoms. The second-order valence-electron chi connectivity index (χ2n) is 5.67. The van der Waals surface area contributed by atoms with Gasteiger partial charge in [0.1, 0.15) is 0 Å². The smallest absolute Gasteiger partial charge is 0.226 e. The van der Waals surface area contributed by atoms with Gasteiger partial charge >= 0.3 is 0 Å². The van der Waals surface area contributed by atoms with Crippen molar-refractivity contribution in [1.29, 1.82) is 0 Å². The summed E-state index contributed by atoms with van der Waals surface area (Å²) in [7, 11) is 1.83. The summed E-state index contributed by atoms with van der Waals surface area (Å²) in [4.78, 5) is 13.9. The number of likely N-dealkylation sites (N-methyl/N-ethyl adjacent to an activating group) is 1. The average molecular weight is 240 g/mol.